The van der Waals surface area contributed by atoms with E-state index < -0.39 is 0 Å². The van der Waals surface area contributed by atoms with Gasteiger partial charge in [0.1, 0.15) is 0 Å². The fraction of sp³-hybridized carbons (Fsp3) is 0.515. The maximum absolute atomic E-state index is 13.9. The molecule has 5 heteroatoms. The molecule has 1 saturated heterocycles. The van der Waals surface area contributed by atoms with Gasteiger partial charge in [-0.1, -0.05) is 59.9 Å². The standard InChI is InChI=1S/C33H42N4O/c1-6-9-10-22(7-2)21-36-13-15-37(16-14-36)29-19-27-26(18-24(29)8-3)31(38)30-25-12-11-23(20-34)17-28(25)35-32(30)33(27,4)5/h11-12,17-19,22,35H,6-10,13-16,21H2,1-5H3. The molecule has 2 aliphatic rings. The average molecular weight is 511 g/mol. The van der Waals surface area contributed by atoms with E-state index in [-0.39, 0.29) is 11.2 Å². The zero-order valence-electron chi connectivity index (χ0n) is 23.8. The molecule has 0 bridgehead atoms. The minimum Gasteiger partial charge on any atom is -0.369 e. The van der Waals surface area contributed by atoms with Crippen molar-refractivity contribution in [1.82, 2.24) is 9.88 Å². The van der Waals surface area contributed by atoms with Crippen LogP contribution >= 0.6 is 0 Å². The van der Waals surface area contributed by atoms with Crippen molar-refractivity contribution in [3.63, 3.8) is 0 Å². The highest BCUT2D eigenvalue weighted by Crippen LogP contribution is 2.45. The lowest BCUT2D eigenvalue weighted by Crippen LogP contribution is -2.48. The smallest absolute Gasteiger partial charge is 0.195 e. The Morgan fingerprint density at radius 2 is 1.84 bits per heavy atom. The minimum absolute atomic E-state index is 0.0917. The number of hydrogen-bond acceptors (Lipinski definition) is 4. The number of carbonyl (C=O) groups is 1. The molecule has 1 aromatic heterocycles. The first-order chi connectivity index (χ1) is 18.3. The molecule has 38 heavy (non-hydrogen) atoms. The number of ketones is 1. The van der Waals surface area contributed by atoms with Gasteiger partial charge < -0.3 is 9.88 Å². The van der Waals surface area contributed by atoms with Crippen molar-refractivity contribution >= 4 is 22.4 Å². The highest BCUT2D eigenvalue weighted by atomic mass is 16.1. The van der Waals surface area contributed by atoms with Crippen LogP contribution in [0.1, 0.15) is 98.6 Å². The van der Waals surface area contributed by atoms with Gasteiger partial charge in [-0.25, -0.2) is 0 Å². The molecule has 1 atom stereocenters. The van der Waals surface area contributed by atoms with E-state index in [9.17, 15) is 10.1 Å². The zero-order chi connectivity index (χ0) is 27.0. The first-order valence-corrected chi connectivity index (χ1v) is 14.6. The van der Waals surface area contributed by atoms with E-state index >= 15 is 0 Å². The molecule has 2 heterocycles. The second-order valence-corrected chi connectivity index (χ2v) is 11.8. The molecule has 1 aliphatic heterocycles. The second-order valence-electron chi connectivity index (χ2n) is 11.8. The van der Waals surface area contributed by atoms with Gasteiger partial charge in [0.2, 0.25) is 0 Å². The normalized spacial score (nSPS) is 17.8. The van der Waals surface area contributed by atoms with Crippen molar-refractivity contribution in [1.29, 1.82) is 5.26 Å². The van der Waals surface area contributed by atoms with Gasteiger partial charge in [0.15, 0.2) is 5.78 Å². The number of aromatic nitrogens is 1. The van der Waals surface area contributed by atoms with Crippen LogP contribution in [0.3, 0.4) is 0 Å². The number of nitriles is 1. The quantitative estimate of drug-likeness (QED) is 0.362. The monoisotopic (exact) mass is 510 g/mol. The van der Waals surface area contributed by atoms with Crippen LogP contribution in [0.5, 0.6) is 0 Å². The molecule has 1 aliphatic carbocycles. The van der Waals surface area contributed by atoms with Crippen LogP contribution in [0.25, 0.3) is 10.9 Å². The van der Waals surface area contributed by atoms with Crippen LogP contribution < -0.4 is 4.90 Å². The van der Waals surface area contributed by atoms with Crippen molar-refractivity contribution in [2.75, 3.05) is 37.6 Å². The van der Waals surface area contributed by atoms with Gasteiger partial charge in [-0.2, -0.15) is 5.26 Å². The molecular weight excluding hydrogens is 468 g/mol. The van der Waals surface area contributed by atoms with Crippen molar-refractivity contribution in [2.45, 2.75) is 72.1 Å². The SMILES string of the molecule is CCCCC(CC)CN1CCN(c2cc3c(cc2CC)C(=O)c2c([nH]c4cc(C#N)ccc24)C3(C)C)CC1. The third kappa shape index (κ3) is 4.54. The summed E-state index contributed by atoms with van der Waals surface area (Å²) in [5, 5.41) is 10.3. The average Bonchev–Trinajstić information content (AvgIpc) is 3.34. The summed E-state index contributed by atoms with van der Waals surface area (Å²) in [6, 6.07) is 12.3. The lowest BCUT2D eigenvalue weighted by atomic mass is 9.70. The van der Waals surface area contributed by atoms with Crippen LogP contribution in [0, 0.1) is 17.2 Å². The number of H-pyrrole nitrogens is 1. The summed E-state index contributed by atoms with van der Waals surface area (Å²) in [5.41, 5.74) is 7.31. The van der Waals surface area contributed by atoms with E-state index in [0.717, 1.165) is 71.8 Å². The van der Waals surface area contributed by atoms with E-state index in [2.05, 4.69) is 67.6 Å². The number of nitrogens with one attached hydrogen (secondary N) is 1. The number of fused-ring (bicyclic) bond motifs is 4. The molecule has 5 nitrogen and oxygen atoms in total. The number of piperazine rings is 1. The fourth-order valence-electron chi connectivity index (χ4n) is 6.61. The molecule has 1 fully saturated rings. The van der Waals surface area contributed by atoms with Gasteiger partial charge in [-0.15, -0.1) is 0 Å². The summed E-state index contributed by atoms with van der Waals surface area (Å²) in [7, 11) is 0. The lowest BCUT2D eigenvalue weighted by Gasteiger charge is -2.40. The van der Waals surface area contributed by atoms with E-state index in [1.807, 2.05) is 12.1 Å². The van der Waals surface area contributed by atoms with E-state index in [4.69, 9.17) is 0 Å². The van der Waals surface area contributed by atoms with Gasteiger partial charge in [-0.05, 0) is 54.2 Å². The molecule has 0 radical (unpaired) electrons. The molecule has 3 aromatic rings. The van der Waals surface area contributed by atoms with Crippen LogP contribution in [0.15, 0.2) is 30.3 Å². The van der Waals surface area contributed by atoms with E-state index in [1.165, 1.54) is 43.5 Å². The Morgan fingerprint density at radius 1 is 1.08 bits per heavy atom. The number of hydrogen-bond donors (Lipinski definition) is 1. The summed E-state index contributed by atoms with van der Waals surface area (Å²) < 4.78 is 0. The van der Waals surface area contributed by atoms with Crippen molar-refractivity contribution in [3.8, 4) is 6.07 Å². The second kappa shape index (κ2) is 10.6. The zero-order valence-corrected chi connectivity index (χ0v) is 23.8. The predicted molar refractivity (Wildman–Crippen MR) is 156 cm³/mol. The summed E-state index contributed by atoms with van der Waals surface area (Å²) in [6.07, 6.45) is 6.12. The molecule has 0 amide bonds. The first kappa shape index (κ1) is 26.5. The van der Waals surface area contributed by atoms with Gasteiger partial charge in [0.05, 0.1) is 17.2 Å². The Labute approximate surface area is 227 Å². The van der Waals surface area contributed by atoms with Crippen molar-refractivity contribution < 1.29 is 4.79 Å². The lowest BCUT2D eigenvalue weighted by molar-refractivity contribution is 0.103. The van der Waals surface area contributed by atoms with Gasteiger partial charge in [-0.3, -0.25) is 9.69 Å². The van der Waals surface area contributed by atoms with Gasteiger partial charge in [0.25, 0.3) is 0 Å². The maximum Gasteiger partial charge on any atom is 0.195 e. The number of nitrogens with zero attached hydrogens (tertiary/aromatic N) is 3. The molecular formula is C33H42N4O. The fourth-order valence-corrected chi connectivity index (χ4v) is 6.61. The number of carbonyl (C=O) groups excluding carboxylic acids is 1. The molecule has 1 N–H and O–H groups in total. The van der Waals surface area contributed by atoms with E-state index in [1.54, 1.807) is 6.07 Å². The highest BCUT2D eigenvalue weighted by molar-refractivity contribution is 6.20. The van der Waals surface area contributed by atoms with Crippen LogP contribution in [-0.4, -0.2) is 48.4 Å². The Morgan fingerprint density at radius 3 is 2.50 bits per heavy atom. The van der Waals surface area contributed by atoms with Crippen LogP contribution in [0.4, 0.5) is 5.69 Å². The molecule has 0 spiro atoms. The summed E-state index contributed by atoms with van der Waals surface area (Å²) >= 11 is 0. The minimum atomic E-state index is -0.346. The largest absolute Gasteiger partial charge is 0.369 e. The Balaban J connectivity index is 1.45. The van der Waals surface area contributed by atoms with Gasteiger partial charge >= 0.3 is 0 Å². The van der Waals surface area contributed by atoms with E-state index in [0.29, 0.717) is 5.56 Å². The van der Waals surface area contributed by atoms with Crippen molar-refractivity contribution in [2.24, 2.45) is 5.92 Å². The topological polar surface area (TPSA) is 63.1 Å². The maximum atomic E-state index is 13.9. The number of aryl methyl sites for hydroxylation is 1. The molecule has 5 rings (SSSR count). The Kier molecular flexibility index (Phi) is 7.38. The summed E-state index contributed by atoms with van der Waals surface area (Å²) in [6.45, 7) is 16.7. The Hall–Kier alpha value is -3.10. The summed E-state index contributed by atoms with van der Waals surface area (Å²) in [5.74, 6) is 0.895. The van der Waals surface area contributed by atoms with Crippen molar-refractivity contribution in [3.05, 3.63) is 63.8 Å². The predicted octanol–water partition coefficient (Wildman–Crippen LogP) is 6.81. The molecule has 0 saturated carbocycles. The first-order valence-electron chi connectivity index (χ1n) is 14.6. The Bertz CT molecular complexity index is 1380. The number of aromatic amines is 1. The summed E-state index contributed by atoms with van der Waals surface area (Å²) in [4.78, 5) is 22.7. The number of rotatable bonds is 8. The van der Waals surface area contributed by atoms with Crippen LogP contribution in [0.2, 0.25) is 0 Å². The highest BCUT2D eigenvalue weighted by Gasteiger charge is 2.40. The number of unbranched alkanes of at least 4 members (excludes halogenated alkanes) is 1. The number of anilines is 1. The molecule has 1 unspecified atom stereocenters. The van der Waals surface area contributed by atoms with Gasteiger partial charge in [0, 0.05) is 66.0 Å². The third-order valence-corrected chi connectivity index (χ3v) is 9.07. The molecule has 200 valence electrons. The third-order valence-electron chi connectivity index (χ3n) is 9.07. The van der Waals surface area contributed by atoms with Crippen LogP contribution in [-0.2, 0) is 11.8 Å². The number of benzene rings is 2. The molecule has 2 aromatic carbocycles.